The standard InChI is InChI=1S/C13H24N4S/c1-4-14-13(11-8-17(5-2)10-15-11)12-9-18-7-6-16(12)3/h8,10,12-14H,4-7,9H2,1-3H3. The Balaban J connectivity index is 2.15. The van der Waals surface area contributed by atoms with E-state index in [-0.39, 0.29) is 0 Å². The highest BCUT2D eigenvalue weighted by atomic mass is 32.2. The molecule has 1 fully saturated rings. The van der Waals surface area contributed by atoms with Gasteiger partial charge in [-0.15, -0.1) is 0 Å². The number of aryl methyl sites for hydroxylation is 1. The summed E-state index contributed by atoms with van der Waals surface area (Å²) in [4.78, 5) is 7.05. The molecule has 5 heteroatoms. The van der Waals surface area contributed by atoms with Gasteiger partial charge >= 0.3 is 0 Å². The summed E-state index contributed by atoms with van der Waals surface area (Å²) in [7, 11) is 2.23. The topological polar surface area (TPSA) is 33.1 Å². The van der Waals surface area contributed by atoms with Gasteiger partial charge in [0.15, 0.2) is 0 Å². The number of nitrogens with one attached hydrogen (secondary N) is 1. The van der Waals surface area contributed by atoms with Crippen molar-refractivity contribution >= 4 is 11.8 Å². The van der Waals surface area contributed by atoms with Crippen LogP contribution < -0.4 is 5.32 Å². The molecular formula is C13H24N4S. The molecule has 102 valence electrons. The van der Waals surface area contributed by atoms with Crippen molar-refractivity contribution in [1.82, 2.24) is 19.8 Å². The average molecular weight is 268 g/mol. The van der Waals surface area contributed by atoms with E-state index in [0.29, 0.717) is 12.1 Å². The van der Waals surface area contributed by atoms with E-state index in [4.69, 9.17) is 0 Å². The molecule has 1 saturated heterocycles. The van der Waals surface area contributed by atoms with Crippen LogP contribution in [-0.2, 0) is 6.54 Å². The number of nitrogens with zero attached hydrogens (tertiary/aromatic N) is 3. The maximum absolute atomic E-state index is 4.58. The van der Waals surface area contributed by atoms with Gasteiger partial charge in [-0.3, -0.25) is 4.90 Å². The van der Waals surface area contributed by atoms with E-state index in [2.05, 4.69) is 58.6 Å². The first-order valence-corrected chi connectivity index (χ1v) is 7.94. The van der Waals surface area contributed by atoms with Crippen LogP contribution in [0.1, 0.15) is 25.6 Å². The van der Waals surface area contributed by atoms with Gasteiger partial charge in [-0.2, -0.15) is 11.8 Å². The van der Waals surface area contributed by atoms with Crippen LogP contribution in [0.2, 0.25) is 0 Å². The summed E-state index contributed by atoms with van der Waals surface area (Å²) < 4.78 is 2.15. The van der Waals surface area contributed by atoms with E-state index in [1.807, 2.05) is 6.33 Å². The quantitative estimate of drug-likeness (QED) is 0.879. The molecule has 0 amide bonds. The average Bonchev–Trinajstić information content (AvgIpc) is 2.85. The molecule has 18 heavy (non-hydrogen) atoms. The summed E-state index contributed by atoms with van der Waals surface area (Å²) in [6, 6.07) is 0.893. The zero-order chi connectivity index (χ0) is 13.0. The Morgan fingerprint density at radius 3 is 3.00 bits per heavy atom. The second-order valence-corrected chi connectivity index (χ2v) is 5.94. The SMILES string of the molecule is CCNC(c1cn(CC)cn1)C1CSCCN1C. The smallest absolute Gasteiger partial charge is 0.0950 e. The van der Waals surface area contributed by atoms with Gasteiger partial charge in [0.05, 0.1) is 18.1 Å². The van der Waals surface area contributed by atoms with E-state index >= 15 is 0 Å². The molecule has 2 heterocycles. The van der Waals surface area contributed by atoms with Crippen LogP contribution in [0.3, 0.4) is 0 Å². The Kier molecular flexibility index (Phi) is 5.09. The van der Waals surface area contributed by atoms with Gasteiger partial charge in [0.25, 0.3) is 0 Å². The molecule has 0 aliphatic carbocycles. The minimum Gasteiger partial charge on any atom is -0.337 e. The van der Waals surface area contributed by atoms with Crippen LogP contribution in [0, 0.1) is 0 Å². The Hall–Kier alpha value is -0.520. The van der Waals surface area contributed by atoms with Gasteiger partial charge in [0.2, 0.25) is 0 Å². The molecule has 1 aromatic rings. The molecule has 1 aliphatic heterocycles. The van der Waals surface area contributed by atoms with Crippen molar-refractivity contribution < 1.29 is 0 Å². The number of aromatic nitrogens is 2. The van der Waals surface area contributed by atoms with Gasteiger partial charge in [0, 0.05) is 36.8 Å². The lowest BCUT2D eigenvalue weighted by Crippen LogP contribution is -2.47. The van der Waals surface area contributed by atoms with E-state index in [1.54, 1.807) is 0 Å². The van der Waals surface area contributed by atoms with Crippen molar-refractivity contribution in [3.63, 3.8) is 0 Å². The largest absolute Gasteiger partial charge is 0.337 e. The molecule has 2 unspecified atom stereocenters. The van der Waals surface area contributed by atoms with Gasteiger partial charge in [-0.25, -0.2) is 4.98 Å². The van der Waals surface area contributed by atoms with Crippen molar-refractivity contribution in [2.75, 3.05) is 31.6 Å². The van der Waals surface area contributed by atoms with E-state index in [1.165, 1.54) is 23.7 Å². The van der Waals surface area contributed by atoms with Crippen LogP contribution in [0.25, 0.3) is 0 Å². The Bertz CT molecular complexity index is 366. The van der Waals surface area contributed by atoms with Crippen molar-refractivity contribution in [1.29, 1.82) is 0 Å². The second-order valence-electron chi connectivity index (χ2n) is 4.79. The lowest BCUT2D eigenvalue weighted by Gasteiger charge is -2.37. The summed E-state index contributed by atoms with van der Waals surface area (Å²) in [5.74, 6) is 2.43. The monoisotopic (exact) mass is 268 g/mol. The fourth-order valence-corrected chi connectivity index (χ4v) is 3.70. The molecule has 0 bridgehead atoms. The molecule has 4 nitrogen and oxygen atoms in total. The summed E-state index contributed by atoms with van der Waals surface area (Å²) in [6.07, 6.45) is 4.12. The fraction of sp³-hybridized carbons (Fsp3) is 0.769. The predicted octanol–water partition coefficient (Wildman–Crippen LogP) is 1.60. The molecule has 1 N–H and O–H groups in total. The van der Waals surface area contributed by atoms with Crippen LogP contribution in [0.15, 0.2) is 12.5 Å². The number of likely N-dealkylation sites (N-methyl/N-ethyl adjacent to an activating group) is 2. The Morgan fingerprint density at radius 1 is 1.56 bits per heavy atom. The van der Waals surface area contributed by atoms with E-state index in [0.717, 1.165) is 13.1 Å². The number of hydrogen-bond donors (Lipinski definition) is 1. The van der Waals surface area contributed by atoms with Crippen molar-refractivity contribution in [3.8, 4) is 0 Å². The number of imidazole rings is 1. The Labute approximate surface area is 114 Å². The third-order valence-corrected chi connectivity index (χ3v) is 4.64. The third kappa shape index (κ3) is 3.08. The first-order chi connectivity index (χ1) is 8.76. The number of hydrogen-bond acceptors (Lipinski definition) is 4. The Morgan fingerprint density at radius 2 is 2.39 bits per heavy atom. The lowest BCUT2D eigenvalue weighted by molar-refractivity contribution is 0.215. The third-order valence-electron chi connectivity index (χ3n) is 3.59. The molecular weight excluding hydrogens is 244 g/mol. The van der Waals surface area contributed by atoms with Gasteiger partial charge in [-0.1, -0.05) is 6.92 Å². The maximum Gasteiger partial charge on any atom is 0.0950 e. The van der Waals surface area contributed by atoms with E-state index in [9.17, 15) is 0 Å². The molecule has 2 atom stereocenters. The molecule has 0 saturated carbocycles. The molecule has 2 rings (SSSR count). The summed E-state index contributed by atoms with van der Waals surface area (Å²) in [5, 5.41) is 3.61. The van der Waals surface area contributed by atoms with Crippen molar-refractivity contribution in [2.24, 2.45) is 0 Å². The van der Waals surface area contributed by atoms with Gasteiger partial charge in [0.1, 0.15) is 0 Å². The first kappa shape index (κ1) is 13.9. The molecule has 0 spiro atoms. The molecule has 0 radical (unpaired) electrons. The van der Waals surface area contributed by atoms with Crippen LogP contribution in [-0.4, -0.2) is 52.1 Å². The zero-order valence-electron chi connectivity index (χ0n) is 11.6. The minimum atomic E-state index is 0.348. The van der Waals surface area contributed by atoms with Gasteiger partial charge < -0.3 is 9.88 Å². The summed E-state index contributed by atoms with van der Waals surface area (Å²) in [6.45, 7) is 7.46. The molecule has 1 aliphatic rings. The van der Waals surface area contributed by atoms with E-state index < -0.39 is 0 Å². The van der Waals surface area contributed by atoms with Crippen LogP contribution >= 0.6 is 11.8 Å². The zero-order valence-corrected chi connectivity index (χ0v) is 12.4. The minimum absolute atomic E-state index is 0.348. The highest BCUT2D eigenvalue weighted by Gasteiger charge is 2.29. The summed E-state index contributed by atoms with van der Waals surface area (Å²) >= 11 is 2.05. The lowest BCUT2D eigenvalue weighted by atomic mass is 10.1. The highest BCUT2D eigenvalue weighted by Crippen LogP contribution is 2.25. The first-order valence-electron chi connectivity index (χ1n) is 6.79. The maximum atomic E-state index is 4.58. The molecule has 1 aromatic heterocycles. The van der Waals surface area contributed by atoms with Crippen molar-refractivity contribution in [2.45, 2.75) is 32.5 Å². The van der Waals surface area contributed by atoms with Crippen LogP contribution in [0.4, 0.5) is 0 Å². The second kappa shape index (κ2) is 6.59. The number of thioether (sulfide) groups is 1. The number of rotatable bonds is 5. The van der Waals surface area contributed by atoms with Crippen molar-refractivity contribution in [3.05, 3.63) is 18.2 Å². The normalized spacial score (nSPS) is 23.2. The summed E-state index contributed by atoms with van der Waals surface area (Å²) in [5.41, 5.74) is 1.18. The van der Waals surface area contributed by atoms with Crippen LogP contribution in [0.5, 0.6) is 0 Å². The molecule has 0 aromatic carbocycles. The highest BCUT2D eigenvalue weighted by molar-refractivity contribution is 7.99. The fourth-order valence-electron chi connectivity index (χ4n) is 2.42. The van der Waals surface area contributed by atoms with Gasteiger partial charge in [-0.05, 0) is 20.5 Å². The predicted molar refractivity (Wildman–Crippen MR) is 78.1 cm³/mol.